The summed E-state index contributed by atoms with van der Waals surface area (Å²) in [6, 6.07) is 0. The van der Waals surface area contributed by atoms with E-state index >= 15 is 0 Å². The van der Waals surface area contributed by atoms with E-state index in [9.17, 15) is 9.59 Å². The molecule has 0 aromatic carbocycles. The van der Waals surface area contributed by atoms with Crippen LogP contribution in [-0.4, -0.2) is 25.2 Å². The maximum atomic E-state index is 11.7. The van der Waals surface area contributed by atoms with Crippen molar-refractivity contribution in [3.05, 3.63) is 0 Å². The third-order valence-corrected chi connectivity index (χ3v) is 5.17. The molecule has 4 heteroatoms. The topological polar surface area (TPSA) is 52.6 Å². The summed E-state index contributed by atoms with van der Waals surface area (Å²) in [5.41, 5.74) is 0. The second kappa shape index (κ2) is 19.3. The van der Waals surface area contributed by atoms with Crippen molar-refractivity contribution in [1.29, 1.82) is 0 Å². The third kappa shape index (κ3) is 18.3. The number of carbonyl (C=O) groups is 2. The fourth-order valence-corrected chi connectivity index (χ4v) is 3.13. The molecule has 0 aliphatic heterocycles. The van der Waals surface area contributed by atoms with Crippen molar-refractivity contribution < 1.29 is 19.1 Å². The summed E-state index contributed by atoms with van der Waals surface area (Å²) in [6.07, 6.45) is 14.3. The summed E-state index contributed by atoms with van der Waals surface area (Å²) in [7, 11) is 0. The van der Waals surface area contributed by atoms with Crippen LogP contribution in [0.3, 0.4) is 0 Å². The minimum Gasteiger partial charge on any atom is -0.465 e. The molecule has 0 saturated heterocycles. The van der Waals surface area contributed by atoms with Crippen molar-refractivity contribution >= 4 is 11.9 Å². The molecule has 0 amide bonds. The lowest BCUT2D eigenvalue weighted by atomic mass is 10.1. The molecule has 0 saturated carbocycles. The molecule has 0 bridgehead atoms. The van der Waals surface area contributed by atoms with Crippen molar-refractivity contribution in [3.63, 3.8) is 0 Å². The Balaban J connectivity index is 3.42. The van der Waals surface area contributed by atoms with Gasteiger partial charge in [-0.15, -0.1) is 0 Å². The van der Waals surface area contributed by atoms with Crippen LogP contribution >= 0.6 is 0 Å². The van der Waals surface area contributed by atoms with Gasteiger partial charge < -0.3 is 9.47 Å². The Morgan fingerprint density at radius 3 is 1.32 bits per heavy atom. The molecule has 0 aliphatic carbocycles. The maximum Gasteiger partial charge on any atom is 0.305 e. The summed E-state index contributed by atoms with van der Waals surface area (Å²) >= 11 is 0. The number of carbonyl (C=O) groups excluding carboxylic acids is 2. The molecule has 0 aromatic rings. The van der Waals surface area contributed by atoms with Crippen molar-refractivity contribution in [1.82, 2.24) is 0 Å². The van der Waals surface area contributed by atoms with Crippen molar-refractivity contribution in [3.8, 4) is 0 Å². The normalized spacial score (nSPS) is 13.1. The average Bonchev–Trinajstić information content (AvgIpc) is 2.69. The average molecular weight is 399 g/mol. The Hall–Kier alpha value is -1.06. The highest BCUT2D eigenvalue weighted by molar-refractivity contribution is 5.69. The van der Waals surface area contributed by atoms with E-state index in [1.165, 1.54) is 25.7 Å². The van der Waals surface area contributed by atoms with E-state index in [4.69, 9.17) is 9.47 Å². The van der Waals surface area contributed by atoms with Crippen LogP contribution in [0.15, 0.2) is 0 Å². The number of unbranched alkanes of at least 4 members (excludes halogenated alkanes) is 7. The molecular formula is C24H46O4. The first kappa shape index (κ1) is 26.9. The van der Waals surface area contributed by atoms with Gasteiger partial charge in [0.1, 0.15) is 0 Å². The van der Waals surface area contributed by atoms with Gasteiger partial charge in [-0.25, -0.2) is 0 Å². The SMILES string of the molecule is CCCCC(C)COC(=O)CCCCCCCCC(=O)OCC(C)CCCC. The Bertz CT molecular complexity index is 345. The number of rotatable bonds is 19. The number of hydrogen-bond donors (Lipinski definition) is 0. The summed E-state index contributed by atoms with van der Waals surface area (Å²) in [5, 5.41) is 0. The summed E-state index contributed by atoms with van der Waals surface area (Å²) in [6.45, 7) is 9.77. The Kier molecular flexibility index (Phi) is 18.5. The van der Waals surface area contributed by atoms with Crippen LogP contribution in [0, 0.1) is 11.8 Å². The van der Waals surface area contributed by atoms with Gasteiger partial charge in [0.25, 0.3) is 0 Å². The van der Waals surface area contributed by atoms with Gasteiger partial charge in [-0.05, 0) is 37.5 Å². The van der Waals surface area contributed by atoms with Crippen LogP contribution in [0.2, 0.25) is 0 Å². The molecule has 166 valence electrons. The summed E-state index contributed by atoms with van der Waals surface area (Å²) in [5.74, 6) is 0.823. The van der Waals surface area contributed by atoms with Gasteiger partial charge in [0.2, 0.25) is 0 Å². The molecule has 2 atom stereocenters. The number of ether oxygens (including phenoxy) is 2. The van der Waals surface area contributed by atoms with Gasteiger partial charge in [-0.2, -0.15) is 0 Å². The highest BCUT2D eigenvalue weighted by Gasteiger charge is 2.08. The molecule has 0 aromatic heterocycles. The fraction of sp³-hybridized carbons (Fsp3) is 0.917. The molecule has 0 radical (unpaired) electrons. The van der Waals surface area contributed by atoms with Gasteiger partial charge in [0.05, 0.1) is 13.2 Å². The first-order valence-electron chi connectivity index (χ1n) is 11.8. The molecule has 0 rings (SSSR count). The van der Waals surface area contributed by atoms with Gasteiger partial charge in [-0.1, -0.05) is 79.1 Å². The first-order valence-corrected chi connectivity index (χ1v) is 11.8. The lowest BCUT2D eigenvalue weighted by molar-refractivity contribution is -0.146. The van der Waals surface area contributed by atoms with Gasteiger partial charge in [0.15, 0.2) is 0 Å². The van der Waals surface area contributed by atoms with Crippen LogP contribution in [0.5, 0.6) is 0 Å². The Labute approximate surface area is 174 Å². The zero-order chi connectivity index (χ0) is 21.0. The summed E-state index contributed by atoms with van der Waals surface area (Å²) in [4.78, 5) is 23.5. The largest absolute Gasteiger partial charge is 0.465 e. The minimum absolute atomic E-state index is 0.0562. The van der Waals surface area contributed by atoms with E-state index in [0.717, 1.165) is 51.4 Å². The van der Waals surface area contributed by atoms with Crippen LogP contribution in [0.25, 0.3) is 0 Å². The lowest BCUT2D eigenvalue weighted by Crippen LogP contribution is -2.12. The molecule has 28 heavy (non-hydrogen) atoms. The smallest absolute Gasteiger partial charge is 0.305 e. The second-order valence-electron chi connectivity index (χ2n) is 8.48. The van der Waals surface area contributed by atoms with Crippen LogP contribution in [0.1, 0.15) is 118 Å². The summed E-state index contributed by atoms with van der Waals surface area (Å²) < 4.78 is 10.7. The van der Waals surface area contributed by atoms with Crippen molar-refractivity contribution in [2.24, 2.45) is 11.8 Å². The van der Waals surface area contributed by atoms with Gasteiger partial charge >= 0.3 is 11.9 Å². The van der Waals surface area contributed by atoms with Gasteiger partial charge in [-0.3, -0.25) is 9.59 Å². The van der Waals surface area contributed by atoms with E-state index in [1.54, 1.807) is 0 Å². The zero-order valence-corrected chi connectivity index (χ0v) is 19.1. The monoisotopic (exact) mass is 398 g/mol. The second-order valence-corrected chi connectivity index (χ2v) is 8.48. The minimum atomic E-state index is -0.0562. The van der Waals surface area contributed by atoms with E-state index in [-0.39, 0.29) is 11.9 Å². The van der Waals surface area contributed by atoms with Crippen LogP contribution in [0.4, 0.5) is 0 Å². The molecule has 0 spiro atoms. The van der Waals surface area contributed by atoms with E-state index in [2.05, 4.69) is 27.7 Å². The quantitative estimate of drug-likeness (QED) is 0.176. The fourth-order valence-electron chi connectivity index (χ4n) is 3.13. The predicted octanol–water partition coefficient (Wildman–Crippen LogP) is 6.85. The third-order valence-electron chi connectivity index (χ3n) is 5.17. The molecule has 0 aliphatic rings. The van der Waals surface area contributed by atoms with E-state index in [1.807, 2.05) is 0 Å². The molecule has 0 fully saturated rings. The maximum absolute atomic E-state index is 11.7. The Morgan fingerprint density at radius 2 is 0.964 bits per heavy atom. The standard InChI is InChI=1S/C24H46O4/c1-5-7-15-21(3)19-27-23(25)17-13-11-9-10-12-14-18-24(26)28-20-22(4)16-8-6-2/h21-22H,5-20H2,1-4H3. The molecule has 4 nitrogen and oxygen atoms in total. The molecule has 2 unspecified atom stereocenters. The highest BCUT2D eigenvalue weighted by atomic mass is 16.5. The van der Waals surface area contributed by atoms with Gasteiger partial charge in [0, 0.05) is 12.8 Å². The van der Waals surface area contributed by atoms with Crippen LogP contribution in [-0.2, 0) is 19.1 Å². The van der Waals surface area contributed by atoms with Crippen molar-refractivity contribution in [2.75, 3.05) is 13.2 Å². The molecule has 0 N–H and O–H groups in total. The zero-order valence-electron chi connectivity index (χ0n) is 19.1. The van der Waals surface area contributed by atoms with Crippen molar-refractivity contribution in [2.45, 2.75) is 118 Å². The van der Waals surface area contributed by atoms with E-state index < -0.39 is 0 Å². The number of esters is 2. The van der Waals surface area contributed by atoms with E-state index in [0.29, 0.717) is 37.9 Å². The first-order chi connectivity index (χ1) is 13.5. The Morgan fingerprint density at radius 1 is 0.607 bits per heavy atom. The molecule has 0 heterocycles. The lowest BCUT2D eigenvalue weighted by Gasteiger charge is -2.11. The van der Waals surface area contributed by atoms with Crippen LogP contribution < -0.4 is 0 Å². The highest BCUT2D eigenvalue weighted by Crippen LogP contribution is 2.12. The predicted molar refractivity (Wildman–Crippen MR) is 116 cm³/mol. The number of hydrogen-bond acceptors (Lipinski definition) is 4. The molecular weight excluding hydrogens is 352 g/mol.